The van der Waals surface area contributed by atoms with Crippen molar-refractivity contribution in [3.05, 3.63) is 43.7 Å². The van der Waals surface area contributed by atoms with Gasteiger partial charge in [0.15, 0.2) is 5.76 Å². The first kappa shape index (κ1) is 17.5. The molecule has 0 unspecified atom stereocenters. The van der Waals surface area contributed by atoms with Crippen molar-refractivity contribution in [2.24, 2.45) is 0 Å². The molecule has 24 heavy (non-hydrogen) atoms. The summed E-state index contributed by atoms with van der Waals surface area (Å²) in [4.78, 5) is 35.3. The van der Waals surface area contributed by atoms with Crippen molar-refractivity contribution >= 4 is 23.9 Å². The quantitative estimate of drug-likeness (QED) is 0.597. The van der Waals surface area contributed by atoms with E-state index in [-0.39, 0.29) is 47.5 Å². The fraction of sp³-hybridized carbons (Fsp3) is 0.353. The standard InChI is InChI=1S/C17H18O7/c1-4-23-15(20)7-12-9(2)11-6-14(22-3)13(19)5-10(8-18)16(11)24-17(12)21/h6,8,19H,4-5,7H2,1-3H3. The van der Waals surface area contributed by atoms with Crippen LogP contribution in [0.15, 0.2) is 20.7 Å². The van der Waals surface area contributed by atoms with Crippen LogP contribution in [0, 0.1) is 6.92 Å². The Bertz CT molecular complexity index is 887. The monoisotopic (exact) mass is 334 g/mol. The first-order valence-corrected chi connectivity index (χ1v) is 7.37. The minimum atomic E-state index is -0.715. The number of carbonyl (C=O) groups excluding carboxylic acids is 2. The van der Waals surface area contributed by atoms with Gasteiger partial charge >= 0.3 is 11.6 Å². The van der Waals surface area contributed by atoms with Crippen LogP contribution in [0.25, 0.3) is 11.6 Å². The van der Waals surface area contributed by atoms with Crippen LogP contribution in [-0.2, 0) is 25.5 Å². The van der Waals surface area contributed by atoms with E-state index < -0.39 is 11.6 Å². The summed E-state index contributed by atoms with van der Waals surface area (Å²) in [6, 6.07) is 0. The second-order valence-corrected chi connectivity index (χ2v) is 5.20. The molecule has 0 spiro atoms. The Morgan fingerprint density at radius 2 is 2.17 bits per heavy atom. The number of ether oxygens (including phenoxy) is 2. The smallest absolute Gasteiger partial charge is 0.340 e. The molecule has 1 heterocycles. The van der Waals surface area contributed by atoms with Crippen molar-refractivity contribution in [1.82, 2.24) is 0 Å². The van der Waals surface area contributed by atoms with Crippen LogP contribution in [0.2, 0.25) is 0 Å². The zero-order chi connectivity index (χ0) is 17.9. The third-order valence-electron chi connectivity index (χ3n) is 3.74. The summed E-state index contributed by atoms with van der Waals surface area (Å²) in [5.41, 5.74) is 0.0863. The first-order chi connectivity index (χ1) is 11.4. The highest BCUT2D eigenvalue weighted by atomic mass is 16.5. The SMILES string of the molecule is CCOC(=O)Cc1c(C)c2c(oc1=O)=C(C=O)CC(O)=C(OC)C=2. The summed E-state index contributed by atoms with van der Waals surface area (Å²) in [6.45, 7) is 3.51. The van der Waals surface area contributed by atoms with E-state index >= 15 is 0 Å². The van der Waals surface area contributed by atoms with Crippen LogP contribution in [0.5, 0.6) is 0 Å². The molecule has 1 aliphatic carbocycles. The van der Waals surface area contributed by atoms with E-state index in [0.29, 0.717) is 17.1 Å². The average molecular weight is 334 g/mol. The minimum absolute atomic E-state index is 0.0682. The lowest BCUT2D eigenvalue weighted by atomic mass is 10.1. The van der Waals surface area contributed by atoms with Gasteiger partial charge in [-0.15, -0.1) is 0 Å². The maximum atomic E-state index is 12.2. The zero-order valence-corrected chi connectivity index (χ0v) is 13.7. The van der Waals surface area contributed by atoms with Crippen LogP contribution < -0.4 is 16.3 Å². The Morgan fingerprint density at radius 3 is 2.75 bits per heavy atom. The molecule has 0 bridgehead atoms. The van der Waals surface area contributed by atoms with Gasteiger partial charge in [0, 0.05) is 17.2 Å². The summed E-state index contributed by atoms with van der Waals surface area (Å²) in [6.07, 6.45) is 1.65. The van der Waals surface area contributed by atoms with Crippen molar-refractivity contribution in [2.45, 2.75) is 26.7 Å². The van der Waals surface area contributed by atoms with E-state index in [1.165, 1.54) is 13.2 Å². The molecule has 0 amide bonds. The Morgan fingerprint density at radius 1 is 1.46 bits per heavy atom. The van der Waals surface area contributed by atoms with E-state index in [2.05, 4.69) is 0 Å². The molecule has 1 N–H and O–H groups in total. The number of hydrogen-bond acceptors (Lipinski definition) is 7. The fourth-order valence-electron chi connectivity index (χ4n) is 2.50. The summed E-state index contributed by atoms with van der Waals surface area (Å²) < 4.78 is 15.2. The molecule has 0 saturated carbocycles. The molecule has 1 aromatic heterocycles. The molecule has 0 aromatic carbocycles. The lowest BCUT2D eigenvalue weighted by Crippen LogP contribution is -2.37. The number of rotatable bonds is 5. The Labute approximate surface area is 137 Å². The summed E-state index contributed by atoms with van der Waals surface area (Å²) >= 11 is 0. The number of hydrogen-bond donors (Lipinski definition) is 1. The lowest BCUT2D eigenvalue weighted by molar-refractivity contribution is -0.142. The number of aliphatic hydroxyl groups excluding tert-OH is 1. The number of aldehydes is 1. The highest BCUT2D eigenvalue weighted by molar-refractivity contribution is 5.99. The van der Waals surface area contributed by atoms with E-state index in [4.69, 9.17) is 13.9 Å². The molecule has 0 saturated heterocycles. The first-order valence-electron chi connectivity index (χ1n) is 7.37. The van der Waals surface area contributed by atoms with Gasteiger partial charge in [-0.1, -0.05) is 0 Å². The molecule has 1 aliphatic rings. The third kappa shape index (κ3) is 3.24. The van der Waals surface area contributed by atoms with Gasteiger partial charge in [-0.25, -0.2) is 4.79 Å². The van der Waals surface area contributed by atoms with Crippen molar-refractivity contribution in [3.8, 4) is 0 Å². The molecule has 7 nitrogen and oxygen atoms in total. The largest absolute Gasteiger partial charge is 0.508 e. The highest BCUT2D eigenvalue weighted by Crippen LogP contribution is 2.15. The Balaban J connectivity index is 2.79. The molecule has 0 fully saturated rings. The molecule has 0 aliphatic heterocycles. The topological polar surface area (TPSA) is 103 Å². The number of esters is 1. The van der Waals surface area contributed by atoms with Crippen LogP contribution in [-0.4, -0.2) is 31.1 Å². The van der Waals surface area contributed by atoms with Gasteiger partial charge in [0.25, 0.3) is 0 Å². The molecule has 0 radical (unpaired) electrons. The number of carbonyl (C=O) groups is 2. The second-order valence-electron chi connectivity index (χ2n) is 5.20. The van der Waals surface area contributed by atoms with Gasteiger partial charge in [-0.2, -0.15) is 0 Å². The van der Waals surface area contributed by atoms with Gasteiger partial charge in [-0.3, -0.25) is 9.59 Å². The van der Waals surface area contributed by atoms with Crippen molar-refractivity contribution < 1.29 is 28.6 Å². The average Bonchev–Trinajstić information content (AvgIpc) is 2.68. The minimum Gasteiger partial charge on any atom is -0.508 e. The second kappa shape index (κ2) is 7.16. The zero-order valence-electron chi connectivity index (χ0n) is 13.7. The predicted octanol–water partition coefficient (Wildman–Crippen LogP) is 0.00362. The molecule has 7 heteroatoms. The summed E-state index contributed by atoms with van der Waals surface area (Å²) in [7, 11) is 1.38. The molecule has 2 rings (SSSR count). The maximum absolute atomic E-state index is 12.2. The molecule has 1 aromatic rings. The normalized spacial score (nSPS) is 13.7. The van der Waals surface area contributed by atoms with Gasteiger partial charge in [0.1, 0.15) is 17.5 Å². The third-order valence-corrected chi connectivity index (χ3v) is 3.74. The van der Waals surface area contributed by atoms with E-state index in [9.17, 15) is 19.5 Å². The van der Waals surface area contributed by atoms with Gasteiger partial charge in [0.2, 0.25) is 0 Å². The van der Waals surface area contributed by atoms with Gasteiger partial charge in [-0.05, 0) is 25.5 Å². The van der Waals surface area contributed by atoms with E-state index in [0.717, 1.165) is 0 Å². The fourth-order valence-corrected chi connectivity index (χ4v) is 2.50. The maximum Gasteiger partial charge on any atom is 0.340 e. The highest BCUT2D eigenvalue weighted by Gasteiger charge is 2.19. The Hall–Kier alpha value is -2.83. The van der Waals surface area contributed by atoms with Crippen LogP contribution in [0.4, 0.5) is 0 Å². The number of aliphatic hydroxyl groups is 1. The number of allylic oxidation sites excluding steroid dienone is 2. The summed E-state index contributed by atoms with van der Waals surface area (Å²) in [5.74, 6) is -0.539. The van der Waals surface area contributed by atoms with Crippen molar-refractivity contribution in [2.75, 3.05) is 13.7 Å². The lowest BCUT2D eigenvalue weighted by Gasteiger charge is -2.06. The van der Waals surface area contributed by atoms with E-state index in [1.54, 1.807) is 13.8 Å². The van der Waals surface area contributed by atoms with Crippen LogP contribution in [0.1, 0.15) is 24.5 Å². The van der Waals surface area contributed by atoms with Crippen LogP contribution >= 0.6 is 0 Å². The van der Waals surface area contributed by atoms with Crippen molar-refractivity contribution in [1.29, 1.82) is 0 Å². The van der Waals surface area contributed by atoms with Gasteiger partial charge in [0.05, 0.1) is 25.7 Å². The molecule has 128 valence electrons. The number of fused-ring (bicyclic) bond motifs is 1. The van der Waals surface area contributed by atoms with E-state index in [1.807, 2.05) is 0 Å². The molecule has 0 atom stereocenters. The predicted molar refractivity (Wildman–Crippen MR) is 84.5 cm³/mol. The molecular weight excluding hydrogens is 316 g/mol. The molecular formula is C17H18O7. The summed E-state index contributed by atoms with van der Waals surface area (Å²) in [5, 5.41) is 10.4. The van der Waals surface area contributed by atoms with Crippen LogP contribution in [0.3, 0.4) is 0 Å². The number of methoxy groups -OCH3 is 1. The Kier molecular flexibility index (Phi) is 5.23. The van der Waals surface area contributed by atoms with Gasteiger partial charge < -0.3 is 19.0 Å². The van der Waals surface area contributed by atoms with Crippen molar-refractivity contribution in [3.63, 3.8) is 0 Å².